The molecular weight excluding hydrogens is 250 g/mol. The minimum Gasteiger partial charge on any atom is -0.373 e. The van der Waals surface area contributed by atoms with Crippen molar-refractivity contribution < 1.29 is 4.79 Å². The highest BCUT2D eigenvalue weighted by Gasteiger charge is 2.28. The third-order valence-electron chi connectivity index (χ3n) is 4.40. The number of fused-ring (bicyclic) bond motifs is 1. The van der Waals surface area contributed by atoms with Crippen LogP contribution in [0.3, 0.4) is 0 Å². The molecule has 1 fully saturated rings. The summed E-state index contributed by atoms with van der Waals surface area (Å²) in [6.07, 6.45) is 3.41. The van der Waals surface area contributed by atoms with Crippen LogP contribution in [0, 0.1) is 0 Å². The molecule has 4 heteroatoms. The van der Waals surface area contributed by atoms with Crippen LogP contribution in [0.25, 0.3) is 0 Å². The topological polar surface area (TPSA) is 35.6 Å². The van der Waals surface area contributed by atoms with Crippen molar-refractivity contribution in [2.45, 2.75) is 25.3 Å². The molecule has 1 amide bonds. The van der Waals surface area contributed by atoms with E-state index in [4.69, 9.17) is 0 Å². The maximum Gasteiger partial charge on any atom is 0.245 e. The smallest absolute Gasteiger partial charge is 0.245 e. The van der Waals surface area contributed by atoms with E-state index < -0.39 is 0 Å². The summed E-state index contributed by atoms with van der Waals surface area (Å²) in [4.78, 5) is 16.8. The third-order valence-corrected chi connectivity index (χ3v) is 4.40. The summed E-state index contributed by atoms with van der Waals surface area (Å²) in [6.45, 7) is 4.21. The van der Waals surface area contributed by atoms with Gasteiger partial charge < -0.3 is 15.1 Å². The van der Waals surface area contributed by atoms with Crippen molar-refractivity contribution in [3.8, 4) is 0 Å². The van der Waals surface area contributed by atoms with Crippen LogP contribution < -0.4 is 5.32 Å². The lowest BCUT2D eigenvalue weighted by atomic mass is 10.1. The van der Waals surface area contributed by atoms with Gasteiger partial charge in [0.25, 0.3) is 0 Å². The molecule has 20 heavy (non-hydrogen) atoms. The number of likely N-dealkylation sites (tertiary alicyclic amines) is 1. The van der Waals surface area contributed by atoms with Crippen LogP contribution in [0.15, 0.2) is 24.3 Å². The summed E-state index contributed by atoms with van der Waals surface area (Å²) >= 11 is 0. The molecule has 2 aliphatic rings. The first kappa shape index (κ1) is 13.4. The van der Waals surface area contributed by atoms with E-state index in [2.05, 4.69) is 16.3 Å². The average Bonchev–Trinajstić information content (AvgIpc) is 3.12. The molecule has 0 radical (unpaired) electrons. The Labute approximate surface area is 120 Å². The minimum atomic E-state index is -0.0871. The van der Waals surface area contributed by atoms with Gasteiger partial charge in [0.1, 0.15) is 6.04 Å². The molecule has 3 rings (SSSR count). The molecule has 0 bridgehead atoms. The van der Waals surface area contributed by atoms with Gasteiger partial charge in [0.2, 0.25) is 5.91 Å². The molecular formula is C16H23N3O. The van der Waals surface area contributed by atoms with Crippen molar-refractivity contribution in [2.24, 2.45) is 0 Å². The second-order valence-corrected chi connectivity index (χ2v) is 5.87. The van der Waals surface area contributed by atoms with E-state index in [1.165, 1.54) is 31.5 Å². The predicted octanol–water partition coefficient (Wildman–Crippen LogP) is 1.58. The number of hydrogen-bond donors (Lipinski definition) is 1. The van der Waals surface area contributed by atoms with Gasteiger partial charge in [-0.3, -0.25) is 4.79 Å². The van der Waals surface area contributed by atoms with Crippen molar-refractivity contribution in [2.75, 3.05) is 38.5 Å². The molecule has 0 unspecified atom stereocenters. The van der Waals surface area contributed by atoms with Gasteiger partial charge in [-0.15, -0.1) is 0 Å². The van der Waals surface area contributed by atoms with E-state index in [1.807, 2.05) is 30.1 Å². The van der Waals surface area contributed by atoms with Crippen molar-refractivity contribution >= 4 is 11.6 Å². The molecule has 1 aromatic rings. The van der Waals surface area contributed by atoms with Crippen LogP contribution in [0.1, 0.15) is 18.4 Å². The van der Waals surface area contributed by atoms with Crippen LogP contribution in [0.5, 0.6) is 0 Å². The maximum atomic E-state index is 12.5. The normalized spacial score (nSPS) is 21.6. The fourth-order valence-electron chi connectivity index (χ4n) is 3.12. The minimum absolute atomic E-state index is 0.0871. The Morgan fingerprint density at radius 2 is 2.10 bits per heavy atom. The molecule has 0 spiro atoms. The van der Waals surface area contributed by atoms with Gasteiger partial charge in [-0.25, -0.2) is 0 Å². The van der Waals surface area contributed by atoms with E-state index in [1.54, 1.807) is 0 Å². The number of carbonyl (C=O) groups is 1. The number of anilines is 1. The van der Waals surface area contributed by atoms with E-state index in [9.17, 15) is 4.79 Å². The van der Waals surface area contributed by atoms with E-state index >= 15 is 0 Å². The number of amides is 1. The lowest BCUT2D eigenvalue weighted by Crippen LogP contribution is -2.43. The lowest BCUT2D eigenvalue weighted by Gasteiger charge is -2.24. The fraction of sp³-hybridized carbons (Fsp3) is 0.562. The fourth-order valence-corrected chi connectivity index (χ4v) is 3.12. The number of benzene rings is 1. The second kappa shape index (κ2) is 5.83. The Bertz CT molecular complexity index is 457. The largest absolute Gasteiger partial charge is 0.373 e. The van der Waals surface area contributed by atoms with Gasteiger partial charge in [-0.1, -0.05) is 18.2 Å². The van der Waals surface area contributed by atoms with Crippen molar-refractivity contribution in [1.29, 1.82) is 0 Å². The van der Waals surface area contributed by atoms with Crippen molar-refractivity contribution in [1.82, 2.24) is 9.80 Å². The molecule has 1 aromatic carbocycles. The summed E-state index contributed by atoms with van der Waals surface area (Å²) in [7, 11) is 1.92. The van der Waals surface area contributed by atoms with Gasteiger partial charge >= 0.3 is 0 Å². The van der Waals surface area contributed by atoms with Gasteiger partial charge in [0.15, 0.2) is 0 Å². The number of likely N-dealkylation sites (N-methyl/N-ethyl adjacent to an activating group) is 1. The SMILES string of the molecule is CN(CCN1CCCC1)C(=O)[C@@H]1Cc2ccccc2N1. The number of para-hydroxylation sites is 1. The highest BCUT2D eigenvalue weighted by atomic mass is 16.2. The van der Waals surface area contributed by atoms with E-state index in [-0.39, 0.29) is 11.9 Å². The van der Waals surface area contributed by atoms with Crippen molar-refractivity contribution in [3.63, 3.8) is 0 Å². The highest BCUT2D eigenvalue weighted by Crippen LogP contribution is 2.25. The first-order valence-corrected chi connectivity index (χ1v) is 7.56. The molecule has 108 valence electrons. The molecule has 4 nitrogen and oxygen atoms in total. The molecule has 0 saturated carbocycles. The number of rotatable bonds is 4. The van der Waals surface area contributed by atoms with Gasteiger partial charge in [0, 0.05) is 32.2 Å². The summed E-state index contributed by atoms with van der Waals surface area (Å²) in [5, 5.41) is 3.34. The Balaban J connectivity index is 1.51. The average molecular weight is 273 g/mol. The molecule has 0 aromatic heterocycles. The van der Waals surface area contributed by atoms with Crippen molar-refractivity contribution in [3.05, 3.63) is 29.8 Å². The van der Waals surface area contributed by atoms with Crippen LogP contribution in [-0.4, -0.2) is 55.0 Å². The first-order valence-electron chi connectivity index (χ1n) is 7.56. The molecule has 2 aliphatic heterocycles. The Morgan fingerprint density at radius 1 is 1.35 bits per heavy atom. The second-order valence-electron chi connectivity index (χ2n) is 5.87. The van der Waals surface area contributed by atoms with Crippen LogP contribution in [0.4, 0.5) is 5.69 Å². The quantitative estimate of drug-likeness (QED) is 0.904. The number of carbonyl (C=O) groups excluding carboxylic acids is 1. The molecule has 1 saturated heterocycles. The predicted molar refractivity (Wildman–Crippen MR) is 80.9 cm³/mol. The number of hydrogen-bond acceptors (Lipinski definition) is 3. The summed E-state index contributed by atoms with van der Waals surface area (Å²) < 4.78 is 0. The molecule has 2 heterocycles. The molecule has 1 N–H and O–H groups in total. The zero-order valence-corrected chi connectivity index (χ0v) is 12.1. The summed E-state index contributed by atoms with van der Waals surface area (Å²) in [5.41, 5.74) is 2.36. The van der Waals surface area contributed by atoms with Crippen LogP contribution in [0.2, 0.25) is 0 Å². The highest BCUT2D eigenvalue weighted by molar-refractivity contribution is 5.87. The van der Waals surface area contributed by atoms with Gasteiger partial charge in [-0.05, 0) is 37.6 Å². The standard InChI is InChI=1S/C16H23N3O/c1-18(10-11-19-8-4-5-9-19)16(20)15-12-13-6-2-3-7-14(13)17-15/h2-3,6-7,15,17H,4-5,8-12H2,1H3/t15-/m0/s1. The maximum absolute atomic E-state index is 12.5. The van der Waals surface area contributed by atoms with E-state index in [0.717, 1.165) is 25.2 Å². The zero-order valence-electron chi connectivity index (χ0n) is 12.1. The summed E-state index contributed by atoms with van der Waals surface area (Å²) in [5.74, 6) is 0.209. The Kier molecular flexibility index (Phi) is 3.92. The summed E-state index contributed by atoms with van der Waals surface area (Å²) in [6, 6.07) is 8.10. The van der Waals surface area contributed by atoms with Crippen LogP contribution in [-0.2, 0) is 11.2 Å². The Hall–Kier alpha value is -1.55. The number of nitrogens with one attached hydrogen (secondary N) is 1. The Morgan fingerprint density at radius 3 is 2.85 bits per heavy atom. The third kappa shape index (κ3) is 2.80. The molecule has 0 aliphatic carbocycles. The van der Waals surface area contributed by atoms with Gasteiger partial charge in [-0.2, -0.15) is 0 Å². The lowest BCUT2D eigenvalue weighted by molar-refractivity contribution is -0.130. The first-order chi connectivity index (χ1) is 9.74. The van der Waals surface area contributed by atoms with Crippen LogP contribution >= 0.6 is 0 Å². The van der Waals surface area contributed by atoms with Gasteiger partial charge in [0.05, 0.1) is 0 Å². The monoisotopic (exact) mass is 273 g/mol. The molecule has 1 atom stereocenters. The zero-order chi connectivity index (χ0) is 13.9. The number of nitrogens with zero attached hydrogens (tertiary/aromatic N) is 2. The van der Waals surface area contributed by atoms with E-state index in [0.29, 0.717) is 0 Å².